The Morgan fingerprint density at radius 2 is 2.10 bits per heavy atom. The van der Waals surface area contributed by atoms with E-state index in [1.165, 1.54) is 11.3 Å². The maximum atomic E-state index is 12.4. The van der Waals surface area contributed by atoms with E-state index >= 15 is 0 Å². The smallest absolute Gasteiger partial charge is 0.267 e. The van der Waals surface area contributed by atoms with E-state index in [1.807, 2.05) is 30.3 Å². The molecule has 0 saturated heterocycles. The Bertz CT molecular complexity index is 658. The summed E-state index contributed by atoms with van der Waals surface area (Å²) in [5.74, 6) is 1.18. The van der Waals surface area contributed by atoms with Gasteiger partial charge >= 0.3 is 0 Å². The molecule has 0 fully saturated rings. The lowest BCUT2D eigenvalue weighted by Crippen LogP contribution is -2.44. The molecular weight excluding hydrogens is 310 g/mol. The third-order valence-electron chi connectivity index (χ3n) is 3.18. The zero-order valence-corrected chi connectivity index (χ0v) is 13.0. The number of carbonyl (C=O) groups is 1. The van der Waals surface area contributed by atoms with E-state index in [0.717, 1.165) is 9.21 Å². The zero-order valence-electron chi connectivity index (χ0n) is 11.4. The van der Waals surface area contributed by atoms with Gasteiger partial charge in [0.1, 0.15) is 6.61 Å². The van der Waals surface area contributed by atoms with Crippen molar-refractivity contribution in [3.05, 3.63) is 45.6 Å². The number of thiophene rings is 1. The summed E-state index contributed by atoms with van der Waals surface area (Å²) < 4.78 is 12.0. The van der Waals surface area contributed by atoms with Crippen LogP contribution in [-0.2, 0) is 11.3 Å². The standard InChI is InChI=1S/C15H14ClNO3S/c1-17(8-10-6-7-14(16)21-10)15(18)13-9-19-11-4-2-3-5-12(11)20-13/h2-7,13H,8-9H2,1H3/t13-/m0/s1. The van der Waals surface area contributed by atoms with Crippen molar-refractivity contribution in [2.75, 3.05) is 13.7 Å². The molecule has 0 saturated carbocycles. The van der Waals surface area contributed by atoms with Crippen molar-refractivity contribution in [3.63, 3.8) is 0 Å². The van der Waals surface area contributed by atoms with Gasteiger partial charge in [-0.2, -0.15) is 0 Å². The van der Waals surface area contributed by atoms with Gasteiger partial charge in [0.25, 0.3) is 5.91 Å². The maximum Gasteiger partial charge on any atom is 0.267 e. The first kappa shape index (κ1) is 14.2. The highest BCUT2D eigenvalue weighted by Crippen LogP contribution is 2.31. The van der Waals surface area contributed by atoms with Gasteiger partial charge in [0, 0.05) is 11.9 Å². The predicted octanol–water partition coefficient (Wildman–Crippen LogP) is 3.20. The number of hydrogen-bond donors (Lipinski definition) is 0. The van der Waals surface area contributed by atoms with Gasteiger partial charge in [-0.05, 0) is 24.3 Å². The van der Waals surface area contributed by atoms with E-state index in [4.69, 9.17) is 21.1 Å². The van der Waals surface area contributed by atoms with Gasteiger partial charge < -0.3 is 14.4 Å². The number of ether oxygens (including phenoxy) is 2. The molecular formula is C15H14ClNO3S. The van der Waals surface area contributed by atoms with Crippen LogP contribution in [0.1, 0.15) is 4.88 Å². The second kappa shape index (κ2) is 5.95. The molecule has 0 spiro atoms. The second-order valence-corrected chi connectivity index (χ2v) is 6.56. The molecule has 2 heterocycles. The first-order valence-electron chi connectivity index (χ1n) is 6.51. The lowest BCUT2D eigenvalue weighted by Gasteiger charge is -2.28. The van der Waals surface area contributed by atoms with Crippen LogP contribution < -0.4 is 9.47 Å². The molecule has 1 aromatic heterocycles. The highest BCUT2D eigenvalue weighted by molar-refractivity contribution is 7.16. The predicted molar refractivity (Wildman–Crippen MR) is 82.2 cm³/mol. The minimum atomic E-state index is -0.611. The fraction of sp³-hybridized carbons (Fsp3) is 0.267. The van der Waals surface area contributed by atoms with Crippen LogP contribution in [0.2, 0.25) is 4.34 Å². The van der Waals surface area contributed by atoms with Crippen molar-refractivity contribution in [2.45, 2.75) is 12.6 Å². The van der Waals surface area contributed by atoms with Gasteiger partial charge in [0.05, 0.1) is 10.9 Å². The first-order chi connectivity index (χ1) is 10.1. The quantitative estimate of drug-likeness (QED) is 0.870. The maximum absolute atomic E-state index is 12.4. The molecule has 1 aliphatic heterocycles. The van der Waals surface area contributed by atoms with Gasteiger partial charge in [-0.25, -0.2) is 0 Å². The molecule has 0 bridgehead atoms. The summed E-state index contributed by atoms with van der Waals surface area (Å²) in [4.78, 5) is 15.1. The van der Waals surface area contributed by atoms with Crippen molar-refractivity contribution in [1.82, 2.24) is 4.90 Å². The van der Waals surface area contributed by atoms with Gasteiger partial charge in [-0.3, -0.25) is 4.79 Å². The summed E-state index contributed by atoms with van der Waals surface area (Å²) in [7, 11) is 1.75. The molecule has 110 valence electrons. The van der Waals surface area contributed by atoms with E-state index in [-0.39, 0.29) is 12.5 Å². The number of rotatable bonds is 3. The van der Waals surface area contributed by atoms with E-state index in [1.54, 1.807) is 18.0 Å². The molecule has 0 N–H and O–H groups in total. The molecule has 2 aromatic rings. The van der Waals surface area contributed by atoms with Crippen LogP contribution >= 0.6 is 22.9 Å². The van der Waals surface area contributed by atoms with Crippen molar-refractivity contribution in [3.8, 4) is 11.5 Å². The number of para-hydroxylation sites is 2. The molecule has 6 heteroatoms. The highest BCUT2D eigenvalue weighted by atomic mass is 35.5. The molecule has 4 nitrogen and oxygen atoms in total. The normalized spacial score (nSPS) is 16.6. The molecule has 1 aromatic carbocycles. The van der Waals surface area contributed by atoms with Crippen LogP contribution in [0.5, 0.6) is 11.5 Å². The SMILES string of the molecule is CN(Cc1ccc(Cl)s1)C(=O)[C@@H]1COc2ccccc2O1. The minimum Gasteiger partial charge on any atom is -0.485 e. The fourth-order valence-electron chi connectivity index (χ4n) is 2.14. The topological polar surface area (TPSA) is 38.8 Å². The van der Waals surface area contributed by atoms with Crippen molar-refractivity contribution < 1.29 is 14.3 Å². The molecule has 1 aliphatic rings. The third-order valence-corrected chi connectivity index (χ3v) is 4.40. The van der Waals surface area contributed by atoms with E-state index in [2.05, 4.69) is 0 Å². The Balaban J connectivity index is 1.66. The number of amides is 1. The van der Waals surface area contributed by atoms with Crippen LogP contribution in [0.15, 0.2) is 36.4 Å². The Hall–Kier alpha value is -1.72. The Kier molecular flexibility index (Phi) is 4.03. The second-order valence-electron chi connectivity index (χ2n) is 4.76. The zero-order chi connectivity index (χ0) is 14.8. The van der Waals surface area contributed by atoms with Crippen LogP contribution in [-0.4, -0.2) is 30.6 Å². The number of fused-ring (bicyclic) bond motifs is 1. The average molecular weight is 324 g/mol. The highest BCUT2D eigenvalue weighted by Gasteiger charge is 2.29. The van der Waals surface area contributed by atoms with Crippen LogP contribution in [0.4, 0.5) is 0 Å². The summed E-state index contributed by atoms with van der Waals surface area (Å²) >= 11 is 7.37. The van der Waals surface area contributed by atoms with E-state index in [0.29, 0.717) is 18.0 Å². The number of carbonyl (C=O) groups excluding carboxylic acids is 1. The number of hydrogen-bond acceptors (Lipinski definition) is 4. The van der Waals surface area contributed by atoms with E-state index in [9.17, 15) is 4.79 Å². The number of halogens is 1. The molecule has 3 rings (SSSR count). The summed E-state index contributed by atoms with van der Waals surface area (Å²) in [6.45, 7) is 0.739. The van der Waals surface area contributed by atoms with Crippen molar-refractivity contribution >= 4 is 28.8 Å². The summed E-state index contributed by atoms with van der Waals surface area (Å²) in [5, 5.41) is 0. The fourth-order valence-corrected chi connectivity index (χ4v) is 3.28. The lowest BCUT2D eigenvalue weighted by atomic mass is 10.2. The van der Waals surface area contributed by atoms with E-state index < -0.39 is 6.10 Å². The van der Waals surface area contributed by atoms with Crippen LogP contribution in [0.25, 0.3) is 0 Å². The third kappa shape index (κ3) is 3.14. The van der Waals surface area contributed by atoms with Gasteiger partial charge in [0.2, 0.25) is 6.10 Å². The summed E-state index contributed by atoms with van der Waals surface area (Å²) in [5.41, 5.74) is 0. The molecule has 0 radical (unpaired) electrons. The molecule has 0 aliphatic carbocycles. The van der Waals surface area contributed by atoms with Gasteiger partial charge in [-0.15, -0.1) is 11.3 Å². The number of nitrogens with zero attached hydrogens (tertiary/aromatic N) is 1. The van der Waals surface area contributed by atoms with Crippen molar-refractivity contribution in [1.29, 1.82) is 0 Å². The number of benzene rings is 1. The Labute approximate surface area is 131 Å². The van der Waals surface area contributed by atoms with Crippen molar-refractivity contribution in [2.24, 2.45) is 0 Å². The van der Waals surface area contributed by atoms with Crippen LogP contribution in [0, 0.1) is 0 Å². The summed E-state index contributed by atoms with van der Waals surface area (Å²) in [6, 6.07) is 11.1. The molecule has 1 amide bonds. The van der Waals surface area contributed by atoms with Crippen LogP contribution in [0.3, 0.4) is 0 Å². The Morgan fingerprint density at radius 3 is 2.81 bits per heavy atom. The average Bonchev–Trinajstić information content (AvgIpc) is 2.91. The summed E-state index contributed by atoms with van der Waals surface area (Å²) in [6.07, 6.45) is -0.611. The molecule has 1 atom stereocenters. The largest absolute Gasteiger partial charge is 0.485 e. The Morgan fingerprint density at radius 1 is 1.33 bits per heavy atom. The van der Waals surface area contributed by atoms with Gasteiger partial charge in [-0.1, -0.05) is 23.7 Å². The minimum absolute atomic E-state index is 0.103. The monoisotopic (exact) mass is 323 g/mol. The first-order valence-corrected chi connectivity index (χ1v) is 7.70. The molecule has 0 unspecified atom stereocenters. The molecule has 21 heavy (non-hydrogen) atoms. The lowest BCUT2D eigenvalue weighted by molar-refractivity contribution is -0.140. The van der Waals surface area contributed by atoms with Gasteiger partial charge in [0.15, 0.2) is 11.5 Å². The number of likely N-dealkylation sites (N-methyl/N-ethyl adjacent to an activating group) is 1.